The molecule has 3 N–H and O–H groups in total. The Kier molecular flexibility index (Phi) is 5.35. The van der Waals surface area contributed by atoms with Gasteiger partial charge in [0.15, 0.2) is 0 Å². The third kappa shape index (κ3) is 4.36. The third-order valence-corrected chi connectivity index (χ3v) is 2.50. The first-order valence-electron chi connectivity index (χ1n) is 5.74. The van der Waals surface area contributed by atoms with E-state index in [4.69, 9.17) is 5.73 Å². The van der Waals surface area contributed by atoms with Crippen LogP contribution in [0, 0.1) is 10.1 Å². The first-order valence-corrected chi connectivity index (χ1v) is 5.74. The van der Waals surface area contributed by atoms with E-state index < -0.39 is 4.92 Å². The molecule has 0 saturated carbocycles. The van der Waals surface area contributed by atoms with Gasteiger partial charge in [-0.3, -0.25) is 10.1 Å². The van der Waals surface area contributed by atoms with Gasteiger partial charge in [0.2, 0.25) is 0 Å². The van der Waals surface area contributed by atoms with Crippen molar-refractivity contribution < 1.29 is 4.92 Å². The van der Waals surface area contributed by atoms with E-state index in [2.05, 4.69) is 17.2 Å². The van der Waals surface area contributed by atoms with Crippen LogP contribution in [-0.2, 0) is 0 Å². The standard InChI is InChI=1S/C11H18N4O2/c1-2-3-4-9(7-12)14-11-6-5-10(8-13-11)15(16)17/h5-6,8-9H,2-4,7,12H2,1H3,(H,13,14). The highest BCUT2D eigenvalue weighted by Crippen LogP contribution is 2.13. The maximum absolute atomic E-state index is 10.5. The minimum absolute atomic E-state index is 0.00610. The molecule has 0 saturated heterocycles. The predicted octanol–water partition coefficient (Wildman–Crippen LogP) is 1.92. The number of nitrogens with zero attached hydrogens (tertiary/aromatic N) is 2. The van der Waals surface area contributed by atoms with E-state index in [1.54, 1.807) is 6.07 Å². The minimum Gasteiger partial charge on any atom is -0.366 e. The summed E-state index contributed by atoms with van der Waals surface area (Å²) in [7, 11) is 0. The smallest absolute Gasteiger partial charge is 0.287 e. The molecule has 1 rings (SSSR count). The molecule has 0 aliphatic carbocycles. The Hall–Kier alpha value is -1.69. The molecule has 0 aromatic carbocycles. The van der Waals surface area contributed by atoms with Crippen LogP contribution in [0.3, 0.4) is 0 Å². The fourth-order valence-electron chi connectivity index (χ4n) is 1.49. The lowest BCUT2D eigenvalue weighted by Gasteiger charge is -2.16. The number of nitrogens with one attached hydrogen (secondary N) is 1. The van der Waals surface area contributed by atoms with Crippen molar-refractivity contribution in [2.45, 2.75) is 32.2 Å². The second-order valence-electron chi connectivity index (χ2n) is 3.88. The molecule has 0 spiro atoms. The van der Waals surface area contributed by atoms with Crippen LogP contribution in [-0.4, -0.2) is 22.5 Å². The van der Waals surface area contributed by atoms with Crippen LogP contribution < -0.4 is 11.1 Å². The first-order chi connectivity index (χ1) is 8.17. The van der Waals surface area contributed by atoms with E-state index in [1.807, 2.05) is 0 Å². The summed E-state index contributed by atoms with van der Waals surface area (Å²) in [6, 6.07) is 3.21. The Morgan fingerprint density at radius 1 is 1.59 bits per heavy atom. The number of unbranched alkanes of at least 4 members (excludes halogenated alkanes) is 1. The number of nitro groups is 1. The molecule has 0 amide bonds. The van der Waals surface area contributed by atoms with E-state index in [0.717, 1.165) is 19.3 Å². The Labute approximate surface area is 100 Å². The molecule has 17 heavy (non-hydrogen) atoms. The van der Waals surface area contributed by atoms with Gasteiger partial charge in [-0.2, -0.15) is 0 Å². The predicted molar refractivity (Wildman–Crippen MR) is 66.9 cm³/mol. The van der Waals surface area contributed by atoms with Crippen LogP contribution in [0.4, 0.5) is 11.5 Å². The molecule has 94 valence electrons. The zero-order chi connectivity index (χ0) is 12.7. The van der Waals surface area contributed by atoms with Crippen molar-refractivity contribution in [2.75, 3.05) is 11.9 Å². The second-order valence-corrected chi connectivity index (χ2v) is 3.88. The van der Waals surface area contributed by atoms with Crippen LogP contribution in [0.25, 0.3) is 0 Å². The van der Waals surface area contributed by atoms with Gasteiger partial charge in [-0.05, 0) is 12.5 Å². The summed E-state index contributed by atoms with van der Waals surface area (Å²) >= 11 is 0. The summed E-state index contributed by atoms with van der Waals surface area (Å²) in [6.07, 6.45) is 4.44. The van der Waals surface area contributed by atoms with Crippen molar-refractivity contribution in [3.05, 3.63) is 28.4 Å². The number of nitrogens with two attached hydrogens (primary N) is 1. The molecule has 1 heterocycles. The molecule has 0 aliphatic heterocycles. The lowest BCUT2D eigenvalue weighted by atomic mass is 10.1. The highest BCUT2D eigenvalue weighted by Gasteiger charge is 2.09. The number of aromatic nitrogens is 1. The largest absolute Gasteiger partial charge is 0.366 e. The van der Waals surface area contributed by atoms with Crippen LogP contribution >= 0.6 is 0 Å². The lowest BCUT2D eigenvalue weighted by molar-refractivity contribution is -0.385. The van der Waals surface area contributed by atoms with Gasteiger partial charge in [-0.25, -0.2) is 4.98 Å². The molecule has 1 aromatic rings. The van der Waals surface area contributed by atoms with Gasteiger partial charge < -0.3 is 11.1 Å². The van der Waals surface area contributed by atoms with Crippen LogP contribution in [0.15, 0.2) is 18.3 Å². The Morgan fingerprint density at radius 2 is 2.35 bits per heavy atom. The number of hydrogen-bond donors (Lipinski definition) is 2. The fraction of sp³-hybridized carbons (Fsp3) is 0.545. The SMILES string of the molecule is CCCCC(CN)Nc1ccc([N+](=O)[O-])cn1. The number of rotatable bonds is 7. The van der Waals surface area contributed by atoms with E-state index in [9.17, 15) is 10.1 Å². The number of hydrogen-bond acceptors (Lipinski definition) is 5. The Bertz CT molecular complexity index is 353. The van der Waals surface area contributed by atoms with Crippen molar-refractivity contribution >= 4 is 11.5 Å². The van der Waals surface area contributed by atoms with Crippen LogP contribution in [0.1, 0.15) is 26.2 Å². The monoisotopic (exact) mass is 238 g/mol. The average Bonchev–Trinajstić information content (AvgIpc) is 2.35. The van der Waals surface area contributed by atoms with Crippen molar-refractivity contribution in [3.8, 4) is 0 Å². The highest BCUT2D eigenvalue weighted by atomic mass is 16.6. The Balaban J connectivity index is 2.57. The molecule has 0 fully saturated rings. The molecule has 6 heteroatoms. The highest BCUT2D eigenvalue weighted by molar-refractivity contribution is 5.40. The van der Waals surface area contributed by atoms with Crippen molar-refractivity contribution in [1.29, 1.82) is 0 Å². The van der Waals surface area contributed by atoms with Crippen molar-refractivity contribution in [3.63, 3.8) is 0 Å². The quantitative estimate of drug-likeness (QED) is 0.559. The molecule has 1 unspecified atom stereocenters. The number of anilines is 1. The van der Waals surface area contributed by atoms with E-state index in [1.165, 1.54) is 12.3 Å². The summed E-state index contributed by atoms with van der Waals surface area (Å²) in [5, 5.41) is 13.6. The van der Waals surface area contributed by atoms with Crippen molar-refractivity contribution in [2.24, 2.45) is 5.73 Å². The molecule has 1 atom stereocenters. The average molecular weight is 238 g/mol. The Morgan fingerprint density at radius 3 is 2.82 bits per heavy atom. The number of pyridine rings is 1. The second kappa shape index (κ2) is 6.80. The van der Waals surface area contributed by atoms with E-state index in [-0.39, 0.29) is 11.7 Å². The zero-order valence-electron chi connectivity index (χ0n) is 9.93. The van der Waals surface area contributed by atoms with Gasteiger partial charge in [0.05, 0.1) is 4.92 Å². The summed E-state index contributed by atoms with van der Waals surface area (Å²) in [5.74, 6) is 0.627. The molecule has 0 aliphatic rings. The maximum Gasteiger partial charge on any atom is 0.287 e. The molecular weight excluding hydrogens is 220 g/mol. The van der Waals surface area contributed by atoms with Gasteiger partial charge in [-0.1, -0.05) is 19.8 Å². The van der Waals surface area contributed by atoms with Gasteiger partial charge in [0.25, 0.3) is 5.69 Å². The molecular formula is C11H18N4O2. The lowest BCUT2D eigenvalue weighted by Crippen LogP contribution is -2.29. The van der Waals surface area contributed by atoms with E-state index >= 15 is 0 Å². The van der Waals surface area contributed by atoms with Crippen LogP contribution in [0.2, 0.25) is 0 Å². The van der Waals surface area contributed by atoms with E-state index in [0.29, 0.717) is 12.4 Å². The zero-order valence-corrected chi connectivity index (χ0v) is 9.93. The van der Waals surface area contributed by atoms with Gasteiger partial charge in [-0.15, -0.1) is 0 Å². The third-order valence-electron chi connectivity index (χ3n) is 2.50. The molecule has 0 bridgehead atoms. The fourth-order valence-corrected chi connectivity index (χ4v) is 1.49. The summed E-state index contributed by atoms with van der Waals surface area (Å²) in [5.41, 5.74) is 5.63. The topological polar surface area (TPSA) is 94.1 Å². The van der Waals surface area contributed by atoms with Gasteiger partial charge >= 0.3 is 0 Å². The maximum atomic E-state index is 10.5. The van der Waals surface area contributed by atoms with Gasteiger partial charge in [0, 0.05) is 18.7 Å². The minimum atomic E-state index is -0.464. The van der Waals surface area contributed by atoms with Crippen molar-refractivity contribution in [1.82, 2.24) is 4.98 Å². The molecule has 0 radical (unpaired) electrons. The summed E-state index contributed by atoms with van der Waals surface area (Å²) < 4.78 is 0. The summed E-state index contributed by atoms with van der Waals surface area (Å²) in [6.45, 7) is 2.65. The molecule has 1 aromatic heterocycles. The van der Waals surface area contributed by atoms with Gasteiger partial charge in [0.1, 0.15) is 12.0 Å². The normalized spacial score (nSPS) is 12.1. The molecule has 6 nitrogen and oxygen atoms in total. The summed E-state index contributed by atoms with van der Waals surface area (Å²) in [4.78, 5) is 14.0. The van der Waals surface area contributed by atoms with Crippen LogP contribution in [0.5, 0.6) is 0 Å². The first kappa shape index (κ1) is 13.4.